The van der Waals surface area contributed by atoms with Crippen molar-refractivity contribution in [1.29, 1.82) is 0 Å². The second kappa shape index (κ2) is 8.84. The summed E-state index contributed by atoms with van der Waals surface area (Å²) in [5, 5.41) is 0. The molecule has 0 spiro atoms. The van der Waals surface area contributed by atoms with Gasteiger partial charge in [-0.15, -0.1) is 0 Å². The van der Waals surface area contributed by atoms with E-state index in [1.165, 1.54) is 11.4 Å². The number of nitrogens with one attached hydrogen (secondary N) is 1. The van der Waals surface area contributed by atoms with E-state index in [0.29, 0.717) is 25.9 Å². The number of carbonyl (C=O) groups is 1. The Labute approximate surface area is 134 Å². The smallest absolute Gasteiger partial charge is 0.327 e. The van der Waals surface area contributed by atoms with Crippen LogP contribution in [0, 0.1) is 0 Å². The molecule has 1 saturated carbocycles. The lowest BCUT2D eigenvalue weighted by Gasteiger charge is -2.31. The van der Waals surface area contributed by atoms with Crippen LogP contribution in [-0.4, -0.2) is 44.4 Å². The van der Waals surface area contributed by atoms with Crippen LogP contribution < -0.4 is 4.72 Å². The van der Waals surface area contributed by atoms with Crippen molar-refractivity contribution in [3.8, 4) is 0 Å². The third-order valence-electron chi connectivity index (χ3n) is 4.22. The maximum Gasteiger partial charge on any atom is 0.327 e. The molecule has 1 fully saturated rings. The van der Waals surface area contributed by atoms with Crippen molar-refractivity contribution < 1.29 is 17.9 Å². The lowest BCUT2D eigenvalue weighted by atomic mass is 10.00. The van der Waals surface area contributed by atoms with Crippen molar-refractivity contribution in [3.05, 3.63) is 0 Å². The lowest BCUT2D eigenvalue weighted by molar-refractivity contribution is -0.147. The van der Waals surface area contributed by atoms with Crippen LogP contribution in [0.15, 0.2) is 0 Å². The largest absolute Gasteiger partial charge is 0.468 e. The number of rotatable bonds is 10. The summed E-state index contributed by atoms with van der Waals surface area (Å²) in [6.07, 6.45) is 6.18. The molecule has 0 bridgehead atoms. The minimum Gasteiger partial charge on any atom is -0.468 e. The molecule has 0 unspecified atom stereocenters. The second-order valence-corrected chi connectivity index (χ2v) is 7.66. The number of nitrogens with zero attached hydrogens (tertiary/aromatic N) is 1. The molecule has 130 valence electrons. The molecule has 22 heavy (non-hydrogen) atoms. The van der Waals surface area contributed by atoms with E-state index in [-0.39, 0.29) is 0 Å². The van der Waals surface area contributed by atoms with Gasteiger partial charge in [-0.1, -0.05) is 39.5 Å². The first-order chi connectivity index (χ1) is 10.4. The highest BCUT2D eigenvalue weighted by Gasteiger charge is 2.46. The molecule has 1 aliphatic rings. The van der Waals surface area contributed by atoms with Crippen molar-refractivity contribution in [1.82, 2.24) is 9.03 Å². The first-order valence-corrected chi connectivity index (χ1v) is 9.73. The van der Waals surface area contributed by atoms with Crippen molar-refractivity contribution in [2.45, 2.75) is 70.8 Å². The first-order valence-electron chi connectivity index (χ1n) is 8.29. The van der Waals surface area contributed by atoms with Gasteiger partial charge in [0.05, 0.1) is 7.11 Å². The van der Waals surface area contributed by atoms with Gasteiger partial charge < -0.3 is 4.74 Å². The summed E-state index contributed by atoms with van der Waals surface area (Å²) in [6, 6.07) is 0. The Kier molecular flexibility index (Phi) is 7.79. The maximum atomic E-state index is 12.7. The van der Waals surface area contributed by atoms with Crippen LogP contribution in [0.2, 0.25) is 0 Å². The Bertz CT molecular complexity index is 436. The minimum atomic E-state index is -3.68. The molecule has 1 N–H and O–H groups in total. The number of ether oxygens (including phenoxy) is 1. The van der Waals surface area contributed by atoms with Crippen LogP contribution in [0.4, 0.5) is 0 Å². The molecule has 7 heteroatoms. The van der Waals surface area contributed by atoms with E-state index in [1.807, 2.05) is 13.8 Å². The fraction of sp³-hybridized carbons (Fsp3) is 0.933. The van der Waals surface area contributed by atoms with E-state index in [2.05, 4.69) is 4.72 Å². The van der Waals surface area contributed by atoms with Gasteiger partial charge in [0.15, 0.2) is 0 Å². The fourth-order valence-corrected chi connectivity index (χ4v) is 4.50. The molecule has 1 rings (SSSR count). The minimum absolute atomic E-state index is 0.473. The monoisotopic (exact) mass is 334 g/mol. The van der Waals surface area contributed by atoms with E-state index in [0.717, 1.165) is 38.5 Å². The topological polar surface area (TPSA) is 75.7 Å². The predicted octanol–water partition coefficient (Wildman–Crippen LogP) is 2.21. The fourth-order valence-electron chi connectivity index (χ4n) is 2.85. The van der Waals surface area contributed by atoms with Gasteiger partial charge in [0.1, 0.15) is 5.54 Å². The summed E-state index contributed by atoms with van der Waals surface area (Å²) >= 11 is 0. The van der Waals surface area contributed by atoms with Crippen LogP contribution in [0.3, 0.4) is 0 Å². The molecule has 1 aliphatic carbocycles. The molecule has 0 heterocycles. The Morgan fingerprint density at radius 2 is 1.64 bits per heavy atom. The van der Waals surface area contributed by atoms with Gasteiger partial charge in [-0.2, -0.15) is 17.4 Å². The van der Waals surface area contributed by atoms with Gasteiger partial charge in [-0.25, -0.2) is 0 Å². The number of hydrogen-bond donors (Lipinski definition) is 1. The molecule has 6 nitrogen and oxygen atoms in total. The average molecular weight is 334 g/mol. The van der Waals surface area contributed by atoms with Crippen molar-refractivity contribution in [2.24, 2.45) is 0 Å². The summed E-state index contributed by atoms with van der Waals surface area (Å²) in [5.41, 5.74) is -1.08. The first kappa shape index (κ1) is 19.4. The molecule has 0 aromatic heterocycles. The number of esters is 1. The van der Waals surface area contributed by atoms with Gasteiger partial charge in [0.25, 0.3) is 10.2 Å². The third kappa shape index (κ3) is 4.93. The van der Waals surface area contributed by atoms with Crippen molar-refractivity contribution in [2.75, 3.05) is 20.2 Å². The molecule has 0 radical (unpaired) electrons. The zero-order valence-electron chi connectivity index (χ0n) is 14.1. The Balaban J connectivity index is 2.90. The molecule has 0 aromatic rings. The van der Waals surface area contributed by atoms with Gasteiger partial charge >= 0.3 is 5.97 Å². The molecule has 0 atom stereocenters. The second-order valence-electron chi connectivity index (χ2n) is 5.99. The zero-order valence-corrected chi connectivity index (χ0v) is 14.9. The Morgan fingerprint density at radius 1 is 1.14 bits per heavy atom. The van der Waals surface area contributed by atoms with Crippen LogP contribution >= 0.6 is 0 Å². The molecule has 0 amide bonds. The lowest BCUT2D eigenvalue weighted by Crippen LogP contribution is -2.57. The summed E-state index contributed by atoms with van der Waals surface area (Å²) in [5.74, 6) is -0.473. The summed E-state index contributed by atoms with van der Waals surface area (Å²) in [7, 11) is -2.37. The summed E-state index contributed by atoms with van der Waals surface area (Å²) in [4.78, 5) is 12.1. The summed E-state index contributed by atoms with van der Waals surface area (Å²) < 4.78 is 34.4. The van der Waals surface area contributed by atoms with E-state index in [4.69, 9.17) is 4.74 Å². The van der Waals surface area contributed by atoms with Crippen LogP contribution in [-0.2, 0) is 19.7 Å². The Morgan fingerprint density at radius 3 is 2.05 bits per heavy atom. The van der Waals surface area contributed by atoms with Gasteiger partial charge in [0, 0.05) is 13.1 Å². The number of unbranched alkanes of at least 4 members (excludes halogenated alkanes) is 2. The van der Waals surface area contributed by atoms with Crippen LogP contribution in [0.1, 0.15) is 65.2 Å². The zero-order chi connectivity index (χ0) is 16.6. The van der Waals surface area contributed by atoms with E-state index >= 15 is 0 Å². The standard InChI is InChI=1S/C15H30N2O4S/c1-4-6-12-17(13-7-5-2)22(19,20)16-15(14(18)21-3)10-8-9-11-15/h16H,4-13H2,1-3H3. The number of hydrogen-bond acceptors (Lipinski definition) is 4. The van der Waals surface area contributed by atoms with Crippen molar-refractivity contribution in [3.63, 3.8) is 0 Å². The highest BCUT2D eigenvalue weighted by atomic mass is 32.2. The number of carbonyl (C=O) groups excluding carboxylic acids is 1. The molecule has 0 aromatic carbocycles. The third-order valence-corrected chi connectivity index (χ3v) is 5.91. The van der Waals surface area contributed by atoms with Gasteiger partial charge in [-0.05, 0) is 25.7 Å². The highest BCUT2D eigenvalue weighted by Crippen LogP contribution is 2.32. The maximum absolute atomic E-state index is 12.7. The van der Waals surface area contributed by atoms with Crippen molar-refractivity contribution >= 4 is 16.2 Å². The van der Waals surface area contributed by atoms with E-state index in [1.54, 1.807) is 0 Å². The predicted molar refractivity (Wildman–Crippen MR) is 86.7 cm³/mol. The molecule has 0 saturated heterocycles. The quantitative estimate of drug-likeness (QED) is 0.622. The molecule has 0 aliphatic heterocycles. The summed E-state index contributed by atoms with van der Waals surface area (Å²) in [6.45, 7) is 5.04. The van der Waals surface area contributed by atoms with Crippen LogP contribution in [0.25, 0.3) is 0 Å². The highest BCUT2D eigenvalue weighted by molar-refractivity contribution is 7.87. The van der Waals surface area contributed by atoms with Crippen LogP contribution in [0.5, 0.6) is 0 Å². The molecular formula is C15H30N2O4S. The van der Waals surface area contributed by atoms with Gasteiger partial charge in [-0.3, -0.25) is 4.79 Å². The van der Waals surface area contributed by atoms with E-state index < -0.39 is 21.7 Å². The van der Waals surface area contributed by atoms with E-state index in [9.17, 15) is 13.2 Å². The molecular weight excluding hydrogens is 304 g/mol. The normalized spacial score (nSPS) is 17.8. The SMILES string of the molecule is CCCCN(CCCC)S(=O)(=O)NC1(C(=O)OC)CCCC1. The van der Waals surface area contributed by atoms with Gasteiger partial charge in [0.2, 0.25) is 0 Å². The average Bonchev–Trinajstić information content (AvgIpc) is 2.95. The number of methoxy groups -OCH3 is 1. The Hall–Kier alpha value is -0.660.